The van der Waals surface area contributed by atoms with Crippen LogP contribution in [0.25, 0.3) is 10.9 Å². The summed E-state index contributed by atoms with van der Waals surface area (Å²) in [7, 11) is 2.10. The second-order valence-electron chi connectivity index (χ2n) is 10.8. The summed E-state index contributed by atoms with van der Waals surface area (Å²) < 4.78 is 63.7. The minimum absolute atomic E-state index is 0.267. The van der Waals surface area contributed by atoms with Crippen LogP contribution in [0.5, 0.6) is 5.75 Å². The molecule has 0 aliphatic carbocycles. The van der Waals surface area contributed by atoms with Gasteiger partial charge in [-0.25, -0.2) is 0 Å². The lowest BCUT2D eigenvalue weighted by Gasteiger charge is -2.30. The molecule has 0 radical (unpaired) electrons. The Hall–Kier alpha value is -3.47. The van der Waals surface area contributed by atoms with Crippen LogP contribution in [0.3, 0.4) is 0 Å². The van der Waals surface area contributed by atoms with E-state index in [0.29, 0.717) is 69.8 Å². The molecular weight excluding hydrogens is 587 g/mol. The molecule has 0 unspecified atom stereocenters. The van der Waals surface area contributed by atoms with Crippen LogP contribution in [0.4, 0.5) is 24.5 Å². The van der Waals surface area contributed by atoms with Gasteiger partial charge in [0.15, 0.2) is 0 Å². The van der Waals surface area contributed by atoms with Crippen LogP contribution in [0.2, 0.25) is 0 Å². The SMILES string of the molecule is CN1CCC(Nc2cccc3c2cc(C#CCNc2ccc(OCCOCCOCCOCCN)cc2)n3CC(F)(F)F)CC1. The van der Waals surface area contributed by atoms with Crippen LogP contribution < -0.4 is 21.1 Å². The Morgan fingerprint density at radius 2 is 1.58 bits per heavy atom. The largest absolute Gasteiger partial charge is 0.491 e. The topological polar surface area (TPSA) is 95.2 Å². The number of hydrogen-bond acceptors (Lipinski definition) is 8. The van der Waals surface area contributed by atoms with Gasteiger partial charge in [0.05, 0.1) is 57.4 Å². The molecule has 0 saturated carbocycles. The van der Waals surface area contributed by atoms with E-state index in [-0.39, 0.29) is 12.6 Å². The number of likely N-dealkylation sites (tertiary alicyclic amines) is 1. The van der Waals surface area contributed by atoms with Crippen molar-refractivity contribution in [2.24, 2.45) is 5.73 Å². The van der Waals surface area contributed by atoms with Crippen LogP contribution in [0.1, 0.15) is 18.5 Å². The first kappa shape index (κ1) is 34.4. The molecule has 1 aliphatic heterocycles. The number of anilines is 2. The molecule has 2 aromatic carbocycles. The summed E-state index contributed by atoms with van der Waals surface area (Å²) in [6.45, 7) is 4.98. The maximum atomic E-state index is 13.6. The first-order valence-electron chi connectivity index (χ1n) is 15.4. The highest BCUT2D eigenvalue weighted by atomic mass is 19.4. The van der Waals surface area contributed by atoms with Crippen LogP contribution in [0, 0.1) is 11.8 Å². The minimum Gasteiger partial charge on any atom is -0.491 e. The van der Waals surface area contributed by atoms with Gasteiger partial charge in [-0.15, -0.1) is 0 Å². The highest BCUT2D eigenvalue weighted by molar-refractivity contribution is 5.94. The Labute approximate surface area is 263 Å². The van der Waals surface area contributed by atoms with Gasteiger partial charge < -0.3 is 44.8 Å². The van der Waals surface area contributed by atoms with E-state index < -0.39 is 12.7 Å². The molecule has 12 heteroatoms. The number of nitrogens with two attached hydrogens (primary N) is 1. The van der Waals surface area contributed by atoms with E-state index in [0.717, 1.165) is 42.7 Å². The van der Waals surface area contributed by atoms with E-state index >= 15 is 0 Å². The van der Waals surface area contributed by atoms with Crippen molar-refractivity contribution < 1.29 is 32.1 Å². The number of rotatable bonds is 17. The molecule has 9 nitrogen and oxygen atoms in total. The van der Waals surface area contributed by atoms with E-state index in [9.17, 15) is 13.2 Å². The predicted molar refractivity (Wildman–Crippen MR) is 171 cm³/mol. The Bertz CT molecular complexity index is 1360. The zero-order valence-corrected chi connectivity index (χ0v) is 25.8. The molecule has 0 atom stereocenters. The van der Waals surface area contributed by atoms with Gasteiger partial charge in [0, 0.05) is 29.3 Å². The first-order valence-corrected chi connectivity index (χ1v) is 15.4. The standard InChI is InChI=1S/C33H44F3N5O4/c1-40-15-11-27(12-16-40)39-31-5-2-6-32-30(31)24-28(41(32)25-33(34,35)36)4-3-14-38-26-7-9-29(10-8-26)45-23-22-44-21-20-43-19-18-42-17-13-37/h2,5-10,24,27,38-39H,11-23,25,37H2,1H3. The van der Waals surface area contributed by atoms with Crippen molar-refractivity contribution in [2.75, 3.05) is 90.1 Å². The molecule has 4 N–H and O–H groups in total. The number of nitrogens with one attached hydrogen (secondary N) is 2. The molecule has 246 valence electrons. The summed E-state index contributed by atoms with van der Waals surface area (Å²) in [6.07, 6.45) is -2.40. The van der Waals surface area contributed by atoms with Gasteiger partial charge in [-0.1, -0.05) is 12.0 Å². The minimum atomic E-state index is -4.37. The zero-order valence-electron chi connectivity index (χ0n) is 25.8. The number of nitrogens with zero attached hydrogens (tertiary/aromatic N) is 2. The van der Waals surface area contributed by atoms with Gasteiger partial charge in [-0.05, 0) is 81.4 Å². The number of fused-ring (bicyclic) bond motifs is 1. The monoisotopic (exact) mass is 631 g/mol. The van der Waals surface area contributed by atoms with Gasteiger partial charge in [0.25, 0.3) is 0 Å². The molecule has 0 spiro atoms. The molecule has 3 aromatic rings. The van der Waals surface area contributed by atoms with Gasteiger partial charge in [0.1, 0.15) is 18.9 Å². The maximum Gasteiger partial charge on any atom is 0.406 e. The van der Waals surface area contributed by atoms with Crippen molar-refractivity contribution in [3.8, 4) is 17.6 Å². The average Bonchev–Trinajstić information content (AvgIpc) is 3.36. The lowest BCUT2D eigenvalue weighted by molar-refractivity contribution is -0.140. The lowest BCUT2D eigenvalue weighted by Crippen LogP contribution is -2.36. The average molecular weight is 632 g/mol. The molecule has 1 saturated heterocycles. The fourth-order valence-corrected chi connectivity index (χ4v) is 5.03. The highest BCUT2D eigenvalue weighted by Crippen LogP contribution is 2.31. The van der Waals surface area contributed by atoms with Crippen molar-refractivity contribution in [1.29, 1.82) is 0 Å². The molecular formula is C33H44F3N5O4. The molecule has 1 fully saturated rings. The third-order valence-electron chi connectivity index (χ3n) is 7.32. The summed E-state index contributed by atoms with van der Waals surface area (Å²) in [5.74, 6) is 6.65. The zero-order chi connectivity index (χ0) is 31.9. The molecule has 1 aliphatic rings. The van der Waals surface area contributed by atoms with Crippen molar-refractivity contribution in [3.05, 3.63) is 54.2 Å². The normalized spacial score (nSPS) is 14.3. The summed E-state index contributed by atoms with van der Waals surface area (Å²) in [5, 5.41) is 7.50. The van der Waals surface area contributed by atoms with E-state index in [2.05, 4.69) is 34.4 Å². The van der Waals surface area contributed by atoms with E-state index in [1.165, 1.54) is 4.57 Å². The number of benzene rings is 2. The van der Waals surface area contributed by atoms with Crippen LogP contribution >= 0.6 is 0 Å². The van der Waals surface area contributed by atoms with Gasteiger partial charge in [-0.3, -0.25) is 0 Å². The fraction of sp³-hybridized carbons (Fsp3) is 0.515. The third-order valence-corrected chi connectivity index (χ3v) is 7.32. The quantitative estimate of drug-likeness (QED) is 0.148. The lowest BCUT2D eigenvalue weighted by atomic mass is 10.0. The van der Waals surface area contributed by atoms with E-state index in [4.69, 9.17) is 24.7 Å². The molecule has 4 rings (SSSR count). The third kappa shape index (κ3) is 11.8. The van der Waals surface area contributed by atoms with Crippen molar-refractivity contribution in [1.82, 2.24) is 9.47 Å². The molecule has 45 heavy (non-hydrogen) atoms. The number of halogens is 3. The number of ether oxygens (including phenoxy) is 4. The number of piperidine rings is 1. The Kier molecular flexibility index (Phi) is 13.7. The number of alkyl halides is 3. The second-order valence-corrected chi connectivity index (χ2v) is 10.8. The number of hydrogen-bond donors (Lipinski definition) is 3. The van der Waals surface area contributed by atoms with Crippen LogP contribution in [-0.2, 0) is 20.8 Å². The Morgan fingerprint density at radius 3 is 2.24 bits per heavy atom. The van der Waals surface area contributed by atoms with Crippen LogP contribution in [-0.4, -0.2) is 101 Å². The Morgan fingerprint density at radius 1 is 0.911 bits per heavy atom. The van der Waals surface area contributed by atoms with E-state index in [1.807, 2.05) is 30.3 Å². The van der Waals surface area contributed by atoms with Crippen molar-refractivity contribution in [2.45, 2.75) is 31.6 Å². The van der Waals surface area contributed by atoms with Gasteiger partial charge >= 0.3 is 6.18 Å². The Balaban J connectivity index is 1.26. The molecule has 0 bridgehead atoms. The molecule has 0 amide bonds. The van der Waals surface area contributed by atoms with Crippen molar-refractivity contribution >= 4 is 22.3 Å². The molecule has 1 aromatic heterocycles. The second kappa shape index (κ2) is 17.9. The summed E-state index contributed by atoms with van der Waals surface area (Å²) in [5.41, 5.74) is 7.85. The fourth-order valence-electron chi connectivity index (χ4n) is 5.03. The van der Waals surface area contributed by atoms with Gasteiger partial charge in [0.2, 0.25) is 0 Å². The molecule has 2 heterocycles. The van der Waals surface area contributed by atoms with Crippen LogP contribution in [0.15, 0.2) is 48.5 Å². The highest BCUT2D eigenvalue weighted by Gasteiger charge is 2.30. The van der Waals surface area contributed by atoms with Crippen molar-refractivity contribution in [3.63, 3.8) is 0 Å². The summed E-state index contributed by atoms with van der Waals surface area (Å²) >= 11 is 0. The van der Waals surface area contributed by atoms with E-state index in [1.54, 1.807) is 18.2 Å². The smallest absolute Gasteiger partial charge is 0.406 e. The maximum absolute atomic E-state index is 13.6. The first-order chi connectivity index (χ1) is 21.8. The van der Waals surface area contributed by atoms with Gasteiger partial charge in [-0.2, -0.15) is 13.2 Å². The number of aromatic nitrogens is 1. The summed E-state index contributed by atoms with van der Waals surface area (Å²) in [6, 6.07) is 14.9. The predicted octanol–water partition coefficient (Wildman–Crippen LogP) is 4.56. The summed E-state index contributed by atoms with van der Waals surface area (Å²) in [4.78, 5) is 2.28.